The number of rotatable bonds is 6. The number of hydrogen-bond donors (Lipinski definition) is 0. The molecule has 10 heteroatoms. The number of hydrogen-bond acceptors (Lipinski definition) is 4. The van der Waals surface area contributed by atoms with Crippen LogP contribution in [0, 0.1) is 5.82 Å². The van der Waals surface area contributed by atoms with E-state index in [0.717, 1.165) is 18.2 Å². The Labute approximate surface area is 196 Å². The Morgan fingerprint density at radius 2 is 1.85 bits per heavy atom. The van der Waals surface area contributed by atoms with Gasteiger partial charge in [0.1, 0.15) is 11.5 Å². The molecule has 0 saturated heterocycles. The summed E-state index contributed by atoms with van der Waals surface area (Å²) in [5.41, 5.74) is -0.708. The molecular formula is C24H17ClF4N2O3. The molecule has 4 rings (SSSR count). The number of carbonyl (C=O) groups is 1. The molecule has 1 heterocycles. The zero-order valence-electron chi connectivity index (χ0n) is 17.7. The third-order valence-electron chi connectivity index (χ3n) is 4.87. The molecule has 0 unspecified atom stereocenters. The summed E-state index contributed by atoms with van der Waals surface area (Å²) in [7, 11) is 0. The Morgan fingerprint density at radius 1 is 1.09 bits per heavy atom. The predicted molar refractivity (Wildman–Crippen MR) is 118 cm³/mol. The fraction of sp³-hybridized carbons (Fsp3) is 0.167. The number of alkyl halides is 3. The first-order chi connectivity index (χ1) is 16.2. The molecule has 0 fully saturated rings. The Kier molecular flexibility index (Phi) is 6.47. The second-order valence-electron chi connectivity index (χ2n) is 7.25. The normalized spacial score (nSPS) is 11.6. The topological polar surface area (TPSA) is 53.4 Å². The molecule has 4 aromatic rings. The van der Waals surface area contributed by atoms with Gasteiger partial charge in [-0.05, 0) is 48.9 Å². The van der Waals surface area contributed by atoms with Gasteiger partial charge in [0.05, 0.1) is 33.7 Å². The van der Waals surface area contributed by atoms with Gasteiger partial charge in [0, 0.05) is 0 Å². The van der Waals surface area contributed by atoms with Gasteiger partial charge in [0.15, 0.2) is 5.75 Å². The average molecular weight is 493 g/mol. The maximum Gasteiger partial charge on any atom is 0.420 e. The smallest absolute Gasteiger partial charge is 0.420 e. The van der Waals surface area contributed by atoms with Crippen molar-refractivity contribution >= 4 is 28.5 Å². The molecule has 0 aliphatic rings. The number of nitrogens with zero attached hydrogens (tertiary/aromatic N) is 2. The zero-order valence-corrected chi connectivity index (χ0v) is 18.5. The van der Waals surface area contributed by atoms with Gasteiger partial charge in [-0.25, -0.2) is 13.9 Å². The van der Waals surface area contributed by atoms with E-state index < -0.39 is 29.3 Å². The van der Waals surface area contributed by atoms with Crippen molar-refractivity contribution in [3.63, 3.8) is 0 Å². The molecule has 0 N–H and O–H groups in total. The van der Waals surface area contributed by atoms with Gasteiger partial charge in [0.2, 0.25) is 5.88 Å². The van der Waals surface area contributed by atoms with Gasteiger partial charge in [-0.3, -0.25) is 0 Å². The summed E-state index contributed by atoms with van der Waals surface area (Å²) in [6.45, 7) is 2.04. The number of halogens is 5. The van der Waals surface area contributed by atoms with Crippen LogP contribution in [0.3, 0.4) is 0 Å². The highest BCUT2D eigenvalue weighted by Crippen LogP contribution is 2.43. The molecule has 0 spiro atoms. The molecule has 0 amide bonds. The number of para-hydroxylation sites is 2. The van der Waals surface area contributed by atoms with Crippen LogP contribution < -0.4 is 4.74 Å². The minimum atomic E-state index is -4.72. The van der Waals surface area contributed by atoms with Crippen LogP contribution in [-0.2, 0) is 10.9 Å². The number of fused-ring (bicyclic) bond motifs is 1. The highest BCUT2D eigenvalue weighted by atomic mass is 35.5. The van der Waals surface area contributed by atoms with Crippen molar-refractivity contribution < 1.29 is 31.8 Å². The highest BCUT2D eigenvalue weighted by molar-refractivity contribution is 6.32. The maximum absolute atomic E-state index is 15.0. The number of aromatic nitrogens is 2. The molecule has 0 bridgehead atoms. The minimum absolute atomic E-state index is 0.0218. The molecule has 0 aliphatic heterocycles. The lowest BCUT2D eigenvalue weighted by Crippen LogP contribution is -2.08. The molecule has 3 aromatic carbocycles. The lowest BCUT2D eigenvalue weighted by atomic mass is 10.2. The van der Waals surface area contributed by atoms with Crippen molar-refractivity contribution in [1.82, 2.24) is 9.78 Å². The molecule has 5 nitrogen and oxygen atoms in total. The number of ether oxygens (including phenoxy) is 2. The third kappa shape index (κ3) is 4.56. The second-order valence-corrected chi connectivity index (χ2v) is 7.66. The van der Waals surface area contributed by atoms with Gasteiger partial charge in [-0.2, -0.15) is 13.2 Å². The Bertz CT molecular complexity index is 1370. The van der Waals surface area contributed by atoms with Crippen molar-refractivity contribution in [3.8, 4) is 17.3 Å². The van der Waals surface area contributed by atoms with Crippen molar-refractivity contribution in [2.45, 2.75) is 19.5 Å². The lowest BCUT2D eigenvalue weighted by molar-refractivity contribution is -0.138. The van der Waals surface area contributed by atoms with E-state index in [-0.39, 0.29) is 28.8 Å². The van der Waals surface area contributed by atoms with Crippen molar-refractivity contribution in [1.29, 1.82) is 0 Å². The lowest BCUT2D eigenvalue weighted by Gasteiger charge is -2.13. The molecule has 0 radical (unpaired) electrons. The van der Waals surface area contributed by atoms with E-state index in [2.05, 4.69) is 5.10 Å². The number of carbonyl (C=O) groups excluding carboxylic acids is 1. The first-order valence-corrected chi connectivity index (χ1v) is 10.6. The van der Waals surface area contributed by atoms with Gasteiger partial charge >= 0.3 is 12.1 Å². The SMILES string of the molecule is CCCOC(=O)c1ccc(-n2nc(Oc3c(Cl)cccc3C(F)(F)F)c3ccccc32)c(F)c1. The summed E-state index contributed by atoms with van der Waals surface area (Å²) in [5, 5.41) is 4.30. The van der Waals surface area contributed by atoms with Crippen LogP contribution >= 0.6 is 11.6 Å². The molecule has 0 atom stereocenters. The predicted octanol–water partition coefficient (Wildman–Crippen LogP) is 7.20. The summed E-state index contributed by atoms with van der Waals surface area (Å²) in [5.74, 6) is -2.25. The fourth-order valence-electron chi connectivity index (χ4n) is 3.31. The first kappa shape index (κ1) is 23.6. The highest BCUT2D eigenvalue weighted by Gasteiger charge is 2.36. The average Bonchev–Trinajstić information content (AvgIpc) is 3.16. The van der Waals surface area contributed by atoms with Crippen molar-refractivity contribution in [2.75, 3.05) is 6.61 Å². The Morgan fingerprint density at radius 3 is 2.56 bits per heavy atom. The van der Waals surface area contributed by atoms with Crippen molar-refractivity contribution in [3.05, 3.63) is 82.6 Å². The van der Waals surface area contributed by atoms with Crippen LogP contribution in [-0.4, -0.2) is 22.4 Å². The number of esters is 1. The summed E-state index contributed by atoms with van der Waals surface area (Å²) in [6, 6.07) is 13.5. The van der Waals surface area contributed by atoms with Crippen LogP contribution in [0.15, 0.2) is 60.7 Å². The maximum atomic E-state index is 15.0. The largest absolute Gasteiger partial charge is 0.462 e. The van der Waals surface area contributed by atoms with E-state index in [9.17, 15) is 22.4 Å². The number of benzene rings is 3. The van der Waals surface area contributed by atoms with Crippen molar-refractivity contribution in [2.24, 2.45) is 0 Å². The van der Waals surface area contributed by atoms with Gasteiger partial charge in [0.25, 0.3) is 0 Å². The minimum Gasteiger partial charge on any atom is -0.462 e. The van der Waals surface area contributed by atoms with Gasteiger partial charge in [-0.15, -0.1) is 5.10 Å². The van der Waals surface area contributed by atoms with E-state index in [4.69, 9.17) is 21.1 Å². The summed E-state index contributed by atoms with van der Waals surface area (Å²) >= 11 is 6.01. The summed E-state index contributed by atoms with van der Waals surface area (Å²) in [6.07, 6.45) is -4.09. The van der Waals surface area contributed by atoms with Gasteiger partial charge < -0.3 is 9.47 Å². The van der Waals surface area contributed by atoms with Crippen LogP contribution in [0.2, 0.25) is 5.02 Å². The third-order valence-corrected chi connectivity index (χ3v) is 5.17. The van der Waals surface area contributed by atoms with E-state index in [1.54, 1.807) is 24.3 Å². The quantitative estimate of drug-likeness (QED) is 0.211. The summed E-state index contributed by atoms with van der Waals surface area (Å²) < 4.78 is 67.2. The Hall–Kier alpha value is -3.59. The standard InChI is InChI=1S/C24H17ClF4N2O3/c1-2-12-33-23(32)14-10-11-20(18(26)13-14)31-19-9-4-3-6-15(19)22(30-31)34-21-16(24(27,28)29)7-5-8-17(21)25/h3-11,13H,2,12H2,1H3. The van der Waals surface area contributed by atoms with E-state index in [1.165, 1.54) is 22.9 Å². The molecule has 1 aromatic heterocycles. The monoisotopic (exact) mass is 492 g/mol. The van der Waals surface area contributed by atoms with Gasteiger partial charge in [-0.1, -0.05) is 36.7 Å². The molecule has 34 heavy (non-hydrogen) atoms. The molecule has 0 aliphatic carbocycles. The Balaban J connectivity index is 1.79. The molecule has 176 valence electrons. The summed E-state index contributed by atoms with van der Waals surface area (Å²) in [4.78, 5) is 12.0. The first-order valence-electron chi connectivity index (χ1n) is 10.2. The zero-order chi connectivity index (χ0) is 24.5. The fourth-order valence-corrected chi connectivity index (χ4v) is 3.53. The van der Waals surface area contributed by atoms with E-state index in [1.807, 2.05) is 6.92 Å². The molecular weight excluding hydrogens is 476 g/mol. The second kappa shape index (κ2) is 9.34. The van der Waals surface area contributed by atoms with Crippen LogP contribution in [0.4, 0.5) is 17.6 Å². The van der Waals surface area contributed by atoms with E-state index in [0.29, 0.717) is 17.3 Å². The van der Waals surface area contributed by atoms with E-state index >= 15 is 0 Å². The van der Waals surface area contributed by atoms with Crippen LogP contribution in [0.1, 0.15) is 29.3 Å². The molecule has 0 saturated carbocycles. The van der Waals surface area contributed by atoms with Crippen LogP contribution in [0.25, 0.3) is 16.6 Å². The van der Waals surface area contributed by atoms with Crippen LogP contribution in [0.5, 0.6) is 11.6 Å².